The molecule has 33 heavy (non-hydrogen) atoms. The molecule has 1 heterocycles. The first-order valence-corrected chi connectivity index (χ1v) is 10.1. The third-order valence-electron chi connectivity index (χ3n) is 5.56. The summed E-state index contributed by atoms with van der Waals surface area (Å²) in [6.45, 7) is 1.82. The smallest absolute Gasteiger partial charge is 0.300 e. The Morgan fingerprint density at radius 1 is 1.03 bits per heavy atom. The number of carbonyl (C=O) groups is 2. The average Bonchev–Trinajstić information content (AvgIpc) is 3.09. The van der Waals surface area contributed by atoms with E-state index in [-0.39, 0.29) is 16.8 Å². The first-order valence-electron chi connectivity index (χ1n) is 10.1. The molecule has 1 unspecified atom stereocenters. The zero-order valence-electron chi connectivity index (χ0n) is 17.9. The Bertz CT molecular complexity index is 1310. The van der Waals surface area contributed by atoms with Crippen molar-refractivity contribution in [2.24, 2.45) is 0 Å². The van der Waals surface area contributed by atoms with Crippen molar-refractivity contribution < 1.29 is 24.4 Å². The molecule has 1 saturated heterocycles. The number of aliphatic hydroxyl groups excluding tert-OH is 1. The molecule has 1 N–H and O–H groups in total. The third kappa shape index (κ3) is 3.82. The van der Waals surface area contributed by atoms with Gasteiger partial charge in [0.2, 0.25) is 0 Å². The van der Waals surface area contributed by atoms with E-state index in [1.807, 2.05) is 19.1 Å². The molecule has 1 amide bonds. The van der Waals surface area contributed by atoms with Crippen LogP contribution in [0.2, 0.25) is 0 Å². The van der Waals surface area contributed by atoms with Gasteiger partial charge in [-0.25, -0.2) is 0 Å². The van der Waals surface area contributed by atoms with Gasteiger partial charge in [0.05, 0.1) is 23.6 Å². The minimum Gasteiger partial charge on any atom is -0.507 e. The number of hydrogen-bond acceptors (Lipinski definition) is 6. The topological polar surface area (TPSA) is 110 Å². The van der Waals surface area contributed by atoms with Crippen LogP contribution in [0.15, 0.2) is 78.4 Å². The van der Waals surface area contributed by atoms with Crippen LogP contribution in [0.1, 0.15) is 22.7 Å². The SMILES string of the molecule is COc1cccc(C2/C(=C(/O)c3cccc([N+](=O)[O-])c3)C(=O)C(=O)N2c2ccccc2C)c1. The number of anilines is 1. The number of non-ortho nitro benzene ring substituents is 1. The van der Waals surface area contributed by atoms with Gasteiger partial charge in [-0.05, 0) is 36.2 Å². The highest BCUT2D eigenvalue weighted by molar-refractivity contribution is 6.51. The number of Topliss-reactive ketones (excluding diaryl/α,β-unsaturated/α-hetero) is 1. The number of carbonyl (C=O) groups excluding carboxylic acids is 2. The van der Waals surface area contributed by atoms with Crippen molar-refractivity contribution >= 4 is 28.8 Å². The monoisotopic (exact) mass is 444 g/mol. The van der Waals surface area contributed by atoms with Crippen LogP contribution < -0.4 is 9.64 Å². The highest BCUT2D eigenvalue weighted by Gasteiger charge is 2.47. The van der Waals surface area contributed by atoms with Crippen molar-refractivity contribution in [2.75, 3.05) is 12.0 Å². The standard InChI is InChI=1S/C25H20N2O6/c1-15-7-3-4-12-20(15)26-22(16-8-6-11-19(14-16)33-2)21(24(29)25(26)30)23(28)17-9-5-10-18(13-17)27(31)32/h3-14,22,28H,1-2H3/b23-21-. The Hall–Kier alpha value is -4.46. The fraction of sp³-hybridized carbons (Fsp3) is 0.120. The van der Waals surface area contributed by atoms with Gasteiger partial charge in [0, 0.05) is 23.4 Å². The first-order chi connectivity index (χ1) is 15.8. The van der Waals surface area contributed by atoms with Gasteiger partial charge in [0.25, 0.3) is 17.4 Å². The van der Waals surface area contributed by atoms with Gasteiger partial charge in [-0.2, -0.15) is 0 Å². The molecule has 8 heteroatoms. The van der Waals surface area contributed by atoms with Crippen molar-refractivity contribution in [3.63, 3.8) is 0 Å². The largest absolute Gasteiger partial charge is 0.507 e. The van der Waals surface area contributed by atoms with Crippen LogP contribution in [-0.2, 0) is 9.59 Å². The van der Waals surface area contributed by atoms with Gasteiger partial charge >= 0.3 is 0 Å². The number of hydrogen-bond donors (Lipinski definition) is 1. The molecule has 4 rings (SSSR count). The molecule has 166 valence electrons. The quantitative estimate of drug-likeness (QED) is 0.203. The van der Waals surface area contributed by atoms with E-state index in [2.05, 4.69) is 0 Å². The van der Waals surface area contributed by atoms with Crippen LogP contribution in [0.25, 0.3) is 5.76 Å². The highest BCUT2D eigenvalue weighted by atomic mass is 16.6. The van der Waals surface area contributed by atoms with Crippen molar-refractivity contribution in [2.45, 2.75) is 13.0 Å². The molecular weight excluding hydrogens is 424 g/mol. The summed E-state index contributed by atoms with van der Waals surface area (Å²) in [5, 5.41) is 22.3. The average molecular weight is 444 g/mol. The first kappa shape index (κ1) is 21.8. The van der Waals surface area contributed by atoms with Crippen LogP contribution in [0, 0.1) is 17.0 Å². The summed E-state index contributed by atoms with van der Waals surface area (Å²) in [6, 6.07) is 18.3. The molecule has 1 fully saturated rings. The highest BCUT2D eigenvalue weighted by Crippen LogP contribution is 2.43. The van der Waals surface area contributed by atoms with Gasteiger partial charge in [0.1, 0.15) is 11.5 Å². The molecule has 1 aliphatic heterocycles. The summed E-state index contributed by atoms with van der Waals surface area (Å²) in [5.74, 6) is -1.65. The van der Waals surface area contributed by atoms with E-state index >= 15 is 0 Å². The van der Waals surface area contributed by atoms with Crippen molar-refractivity contribution in [3.8, 4) is 5.75 Å². The fourth-order valence-electron chi connectivity index (χ4n) is 3.96. The summed E-state index contributed by atoms with van der Waals surface area (Å²) >= 11 is 0. The van der Waals surface area contributed by atoms with Crippen LogP contribution in [0.5, 0.6) is 5.75 Å². The van der Waals surface area contributed by atoms with Gasteiger partial charge < -0.3 is 9.84 Å². The lowest BCUT2D eigenvalue weighted by molar-refractivity contribution is -0.384. The number of amides is 1. The number of nitro groups is 1. The summed E-state index contributed by atoms with van der Waals surface area (Å²) < 4.78 is 5.31. The number of nitro benzene ring substituents is 1. The summed E-state index contributed by atoms with van der Waals surface area (Å²) in [7, 11) is 1.50. The lowest BCUT2D eigenvalue weighted by Gasteiger charge is -2.27. The van der Waals surface area contributed by atoms with E-state index in [0.29, 0.717) is 17.0 Å². The van der Waals surface area contributed by atoms with Crippen molar-refractivity contribution in [3.05, 3.63) is 105 Å². The summed E-state index contributed by atoms with van der Waals surface area (Å²) in [4.78, 5) is 38.4. The number of para-hydroxylation sites is 1. The molecule has 1 atom stereocenters. The lowest BCUT2D eigenvalue weighted by Crippen LogP contribution is -2.30. The summed E-state index contributed by atoms with van der Waals surface area (Å²) in [5.41, 5.74) is 1.50. The number of ketones is 1. The van der Waals surface area contributed by atoms with E-state index in [1.165, 1.54) is 36.3 Å². The molecule has 0 spiro atoms. The Labute approximate surface area is 189 Å². The number of aryl methyl sites for hydroxylation is 1. The Kier molecular flexibility index (Phi) is 5.66. The Balaban J connectivity index is 1.98. The molecule has 0 saturated carbocycles. The Morgan fingerprint density at radius 3 is 2.45 bits per heavy atom. The van der Waals surface area contributed by atoms with E-state index in [0.717, 1.165) is 5.56 Å². The maximum absolute atomic E-state index is 13.2. The lowest BCUT2D eigenvalue weighted by atomic mass is 9.94. The molecule has 8 nitrogen and oxygen atoms in total. The number of methoxy groups -OCH3 is 1. The zero-order valence-corrected chi connectivity index (χ0v) is 17.9. The van der Waals surface area contributed by atoms with Crippen molar-refractivity contribution in [1.29, 1.82) is 0 Å². The van der Waals surface area contributed by atoms with Gasteiger partial charge in [-0.15, -0.1) is 0 Å². The van der Waals surface area contributed by atoms with E-state index in [1.54, 1.807) is 36.4 Å². The Morgan fingerprint density at radius 2 is 1.76 bits per heavy atom. The molecule has 0 bridgehead atoms. The molecule has 3 aromatic carbocycles. The second kappa shape index (κ2) is 8.58. The molecule has 0 aromatic heterocycles. The predicted octanol–water partition coefficient (Wildman–Crippen LogP) is 4.54. The number of aliphatic hydroxyl groups is 1. The molecule has 0 aliphatic carbocycles. The maximum Gasteiger partial charge on any atom is 0.300 e. The summed E-state index contributed by atoms with van der Waals surface area (Å²) in [6.07, 6.45) is 0. The fourth-order valence-corrected chi connectivity index (χ4v) is 3.96. The second-order valence-corrected chi connectivity index (χ2v) is 7.54. The van der Waals surface area contributed by atoms with E-state index in [9.17, 15) is 24.8 Å². The number of ether oxygens (including phenoxy) is 1. The van der Waals surface area contributed by atoms with Gasteiger partial charge in [-0.3, -0.25) is 24.6 Å². The predicted molar refractivity (Wildman–Crippen MR) is 122 cm³/mol. The van der Waals surface area contributed by atoms with E-state index < -0.39 is 28.4 Å². The molecular formula is C25H20N2O6. The van der Waals surface area contributed by atoms with Crippen molar-refractivity contribution in [1.82, 2.24) is 0 Å². The van der Waals surface area contributed by atoms with Crippen LogP contribution >= 0.6 is 0 Å². The van der Waals surface area contributed by atoms with Crippen LogP contribution in [0.4, 0.5) is 11.4 Å². The van der Waals surface area contributed by atoms with E-state index in [4.69, 9.17) is 4.74 Å². The molecule has 1 aliphatic rings. The van der Waals surface area contributed by atoms with Crippen LogP contribution in [-0.4, -0.2) is 28.8 Å². The third-order valence-corrected chi connectivity index (χ3v) is 5.56. The maximum atomic E-state index is 13.2. The molecule has 0 radical (unpaired) electrons. The zero-order chi connectivity index (χ0) is 23.7. The van der Waals surface area contributed by atoms with Crippen LogP contribution in [0.3, 0.4) is 0 Å². The minimum absolute atomic E-state index is 0.0693. The minimum atomic E-state index is -0.958. The van der Waals surface area contributed by atoms with Gasteiger partial charge in [-0.1, -0.05) is 42.5 Å². The molecule has 3 aromatic rings. The normalized spacial score (nSPS) is 17.3. The van der Waals surface area contributed by atoms with Gasteiger partial charge in [0.15, 0.2) is 0 Å². The number of rotatable bonds is 5. The number of benzene rings is 3. The second-order valence-electron chi connectivity index (χ2n) is 7.54. The number of nitrogens with zero attached hydrogens (tertiary/aromatic N) is 2.